The summed E-state index contributed by atoms with van der Waals surface area (Å²) < 4.78 is 37.0. The maximum absolute atomic E-state index is 13.9. The fraction of sp³-hybridized carbons (Fsp3) is 0.286. The Kier molecular flexibility index (Phi) is 4.11. The summed E-state index contributed by atoms with van der Waals surface area (Å²) >= 11 is 0. The molecule has 120 valence electrons. The number of alkyl halides is 1. The summed E-state index contributed by atoms with van der Waals surface area (Å²) in [5.74, 6) is -0.628. The van der Waals surface area contributed by atoms with Crippen molar-refractivity contribution in [3.63, 3.8) is 0 Å². The number of aryl methyl sites for hydroxylation is 1. The van der Waals surface area contributed by atoms with Crippen LogP contribution in [0.5, 0.6) is 5.88 Å². The van der Waals surface area contributed by atoms with Crippen LogP contribution in [0.3, 0.4) is 0 Å². The van der Waals surface area contributed by atoms with Gasteiger partial charge < -0.3 is 9.47 Å². The first-order valence-corrected chi connectivity index (χ1v) is 6.69. The van der Waals surface area contributed by atoms with E-state index in [1.54, 1.807) is 13.2 Å². The van der Waals surface area contributed by atoms with Gasteiger partial charge in [0.15, 0.2) is 17.3 Å². The van der Waals surface area contributed by atoms with Crippen LogP contribution in [-0.4, -0.2) is 38.8 Å². The Bertz CT molecular complexity index is 853. The molecule has 3 aromatic heterocycles. The van der Waals surface area contributed by atoms with Gasteiger partial charge in [-0.25, -0.2) is 13.8 Å². The molecule has 0 aliphatic carbocycles. The van der Waals surface area contributed by atoms with Crippen molar-refractivity contribution in [2.24, 2.45) is 0 Å². The van der Waals surface area contributed by atoms with Gasteiger partial charge in [0.2, 0.25) is 6.86 Å². The Morgan fingerprint density at radius 1 is 1.26 bits per heavy atom. The average molecular weight is 321 g/mol. The summed E-state index contributed by atoms with van der Waals surface area (Å²) in [6.07, 6.45) is 1.37. The number of hydrogen-bond acceptors (Lipinski definition) is 6. The third-order valence-corrected chi connectivity index (χ3v) is 3.19. The lowest BCUT2D eigenvalue weighted by Crippen LogP contribution is -2.04. The fourth-order valence-electron chi connectivity index (χ4n) is 2.18. The van der Waals surface area contributed by atoms with Crippen LogP contribution in [0.15, 0.2) is 18.3 Å². The molecule has 0 spiro atoms. The van der Waals surface area contributed by atoms with Gasteiger partial charge in [-0.05, 0) is 24.6 Å². The lowest BCUT2D eigenvalue weighted by molar-refractivity contribution is 0.176. The predicted molar refractivity (Wildman–Crippen MR) is 76.0 cm³/mol. The van der Waals surface area contributed by atoms with Crippen molar-refractivity contribution < 1.29 is 18.3 Å². The highest BCUT2D eigenvalue weighted by Gasteiger charge is 2.14. The second-order valence-corrected chi connectivity index (χ2v) is 4.76. The first-order chi connectivity index (χ1) is 11.1. The van der Waals surface area contributed by atoms with Crippen molar-refractivity contribution in [2.75, 3.05) is 14.0 Å². The SMILES string of the molecule is COCc1nnc2cc(C)c(-c3cnc(OCF)c(F)c3)nn12. The lowest BCUT2D eigenvalue weighted by Gasteiger charge is -2.08. The zero-order valence-electron chi connectivity index (χ0n) is 12.5. The molecule has 0 bridgehead atoms. The number of methoxy groups -OCH3 is 1. The van der Waals surface area contributed by atoms with Gasteiger partial charge in [-0.15, -0.1) is 10.2 Å². The Morgan fingerprint density at radius 2 is 2.09 bits per heavy atom. The predicted octanol–water partition coefficient (Wildman–Crippen LogP) is 2.09. The Labute approximate surface area is 129 Å². The topological polar surface area (TPSA) is 74.4 Å². The summed E-state index contributed by atoms with van der Waals surface area (Å²) in [6, 6.07) is 2.97. The fourth-order valence-corrected chi connectivity index (χ4v) is 2.18. The summed E-state index contributed by atoms with van der Waals surface area (Å²) in [4.78, 5) is 3.77. The van der Waals surface area contributed by atoms with Crippen molar-refractivity contribution >= 4 is 5.65 Å². The molecule has 7 nitrogen and oxygen atoms in total. The van der Waals surface area contributed by atoms with E-state index in [-0.39, 0.29) is 12.5 Å². The van der Waals surface area contributed by atoms with Crippen LogP contribution in [0.4, 0.5) is 8.78 Å². The molecule has 0 aliphatic rings. The number of halogens is 2. The summed E-state index contributed by atoms with van der Waals surface area (Å²) in [5.41, 5.74) is 2.27. The van der Waals surface area contributed by atoms with Gasteiger partial charge in [-0.1, -0.05) is 0 Å². The van der Waals surface area contributed by atoms with E-state index in [0.717, 1.165) is 5.56 Å². The smallest absolute Gasteiger partial charge is 0.252 e. The molecule has 3 aromatic rings. The Hall–Kier alpha value is -2.68. The molecule has 0 saturated heterocycles. The van der Waals surface area contributed by atoms with Crippen LogP contribution >= 0.6 is 0 Å². The van der Waals surface area contributed by atoms with E-state index in [0.29, 0.717) is 22.7 Å². The summed E-state index contributed by atoms with van der Waals surface area (Å²) in [6.45, 7) is 0.914. The molecule has 3 rings (SSSR count). The minimum atomic E-state index is -1.15. The van der Waals surface area contributed by atoms with Crippen LogP contribution in [-0.2, 0) is 11.3 Å². The number of nitrogens with zero attached hydrogens (tertiary/aromatic N) is 5. The van der Waals surface area contributed by atoms with E-state index in [1.165, 1.54) is 16.8 Å². The van der Waals surface area contributed by atoms with Crippen LogP contribution in [0, 0.1) is 12.7 Å². The van der Waals surface area contributed by atoms with Gasteiger partial charge in [0.1, 0.15) is 6.61 Å². The maximum Gasteiger partial charge on any atom is 0.252 e. The van der Waals surface area contributed by atoms with Crippen LogP contribution in [0.25, 0.3) is 16.9 Å². The number of fused-ring (bicyclic) bond motifs is 1. The Balaban J connectivity index is 2.09. The molecule has 3 heterocycles. The molecule has 0 saturated carbocycles. The van der Waals surface area contributed by atoms with E-state index >= 15 is 0 Å². The van der Waals surface area contributed by atoms with Crippen molar-refractivity contribution in [2.45, 2.75) is 13.5 Å². The highest BCUT2D eigenvalue weighted by Crippen LogP contribution is 2.25. The van der Waals surface area contributed by atoms with E-state index in [9.17, 15) is 8.78 Å². The molecule has 0 amide bonds. The van der Waals surface area contributed by atoms with E-state index in [1.807, 2.05) is 6.92 Å². The molecule has 0 aliphatic heterocycles. The van der Waals surface area contributed by atoms with Crippen molar-refractivity contribution in [1.29, 1.82) is 0 Å². The van der Waals surface area contributed by atoms with Gasteiger partial charge in [0, 0.05) is 18.9 Å². The second-order valence-electron chi connectivity index (χ2n) is 4.76. The summed E-state index contributed by atoms with van der Waals surface area (Å²) in [5, 5.41) is 12.4. The van der Waals surface area contributed by atoms with Gasteiger partial charge in [0.25, 0.3) is 5.88 Å². The molecule has 0 aromatic carbocycles. The maximum atomic E-state index is 13.9. The minimum Gasteiger partial charge on any atom is -0.444 e. The zero-order chi connectivity index (χ0) is 16.4. The van der Waals surface area contributed by atoms with Crippen LogP contribution in [0.1, 0.15) is 11.4 Å². The average Bonchev–Trinajstić information content (AvgIpc) is 2.91. The van der Waals surface area contributed by atoms with E-state index < -0.39 is 12.7 Å². The molecule has 0 atom stereocenters. The van der Waals surface area contributed by atoms with E-state index in [2.05, 4.69) is 25.0 Å². The van der Waals surface area contributed by atoms with Gasteiger partial charge in [0.05, 0.1) is 5.69 Å². The highest BCUT2D eigenvalue weighted by atomic mass is 19.1. The number of aromatic nitrogens is 5. The number of pyridine rings is 1. The number of hydrogen-bond donors (Lipinski definition) is 0. The standard InChI is InChI=1S/C14H13F2N5O2/c1-8-3-11-18-19-12(6-22-2)21(11)20-13(8)9-4-10(16)14(17-5-9)23-7-15/h3-5H,6-7H2,1-2H3. The molecule has 9 heteroatoms. The van der Waals surface area contributed by atoms with Crippen molar-refractivity contribution in [3.8, 4) is 17.1 Å². The van der Waals surface area contributed by atoms with Crippen LogP contribution in [0.2, 0.25) is 0 Å². The van der Waals surface area contributed by atoms with Crippen molar-refractivity contribution in [1.82, 2.24) is 24.8 Å². The zero-order valence-corrected chi connectivity index (χ0v) is 12.5. The first-order valence-electron chi connectivity index (χ1n) is 6.69. The summed E-state index contributed by atoms with van der Waals surface area (Å²) in [7, 11) is 1.54. The van der Waals surface area contributed by atoms with Gasteiger partial charge in [-0.2, -0.15) is 9.61 Å². The monoisotopic (exact) mass is 321 g/mol. The molecule has 0 radical (unpaired) electrons. The lowest BCUT2D eigenvalue weighted by atomic mass is 10.1. The molecular formula is C14H13F2N5O2. The normalized spacial score (nSPS) is 11.1. The largest absolute Gasteiger partial charge is 0.444 e. The third kappa shape index (κ3) is 2.82. The molecule has 23 heavy (non-hydrogen) atoms. The number of rotatable bonds is 5. The molecule has 0 unspecified atom stereocenters. The molecule has 0 fully saturated rings. The second kappa shape index (κ2) is 6.21. The molecular weight excluding hydrogens is 308 g/mol. The first kappa shape index (κ1) is 15.2. The van der Waals surface area contributed by atoms with Gasteiger partial charge >= 0.3 is 0 Å². The molecule has 0 N–H and O–H groups in total. The van der Waals surface area contributed by atoms with Gasteiger partial charge in [-0.3, -0.25) is 0 Å². The third-order valence-electron chi connectivity index (χ3n) is 3.19. The number of ether oxygens (including phenoxy) is 2. The quantitative estimate of drug-likeness (QED) is 0.716. The van der Waals surface area contributed by atoms with E-state index in [4.69, 9.17) is 4.74 Å². The van der Waals surface area contributed by atoms with Crippen molar-refractivity contribution in [3.05, 3.63) is 35.5 Å². The minimum absolute atomic E-state index is 0.243. The highest BCUT2D eigenvalue weighted by molar-refractivity contribution is 5.64. The Morgan fingerprint density at radius 3 is 2.78 bits per heavy atom. The van der Waals surface area contributed by atoms with Crippen LogP contribution < -0.4 is 4.74 Å².